The number of carbonyl (C=O) groups is 1. The lowest BCUT2D eigenvalue weighted by molar-refractivity contribution is -0.132. The summed E-state index contributed by atoms with van der Waals surface area (Å²) in [5.74, 6) is -0.977. The van der Waals surface area contributed by atoms with E-state index in [-0.39, 0.29) is 12.3 Å². The highest BCUT2D eigenvalue weighted by atomic mass is 79.9. The summed E-state index contributed by atoms with van der Waals surface area (Å²) in [5.41, 5.74) is 5.04. The lowest BCUT2D eigenvalue weighted by Gasteiger charge is -2.26. The summed E-state index contributed by atoms with van der Waals surface area (Å²) in [7, 11) is 0. The van der Waals surface area contributed by atoms with E-state index in [9.17, 15) is 15.0 Å². The summed E-state index contributed by atoms with van der Waals surface area (Å²) in [5, 5.41) is 20.0. The van der Waals surface area contributed by atoms with Crippen molar-refractivity contribution in [2.75, 3.05) is 11.6 Å². The minimum absolute atomic E-state index is 0.227. The molecule has 0 aromatic heterocycles. The van der Waals surface area contributed by atoms with Gasteiger partial charge < -0.3 is 15.1 Å². The third kappa shape index (κ3) is 5.12. The molecule has 0 saturated heterocycles. The average molecular weight is 453 g/mol. The van der Waals surface area contributed by atoms with E-state index in [1.165, 1.54) is 11.1 Å². The molecule has 0 bridgehead atoms. The topological polar surface area (TPSA) is 60.8 Å². The Hall–Kier alpha value is -1.82. The summed E-state index contributed by atoms with van der Waals surface area (Å²) in [6.45, 7) is 6.14. The van der Waals surface area contributed by atoms with Gasteiger partial charge in [0.2, 0.25) is 0 Å². The first-order valence-electron chi connectivity index (χ1n) is 8.62. The van der Waals surface area contributed by atoms with Gasteiger partial charge in [0, 0.05) is 27.3 Å². The maximum atomic E-state index is 11.5. The van der Waals surface area contributed by atoms with Crippen LogP contribution in [0.2, 0.25) is 5.02 Å². The first-order valence-corrected chi connectivity index (χ1v) is 9.79. The average Bonchev–Trinajstić information content (AvgIpc) is 2.62. The molecule has 2 aromatic carbocycles. The van der Waals surface area contributed by atoms with E-state index >= 15 is 0 Å². The van der Waals surface area contributed by atoms with Crippen molar-refractivity contribution in [3.8, 4) is 0 Å². The normalized spacial score (nSPS) is 11.9. The number of aryl methyl sites for hydroxylation is 2. The molecule has 0 aliphatic heterocycles. The number of aliphatic carboxylic acids is 1. The number of hydrogen-bond acceptors (Lipinski definition) is 3. The van der Waals surface area contributed by atoms with Gasteiger partial charge in [0.05, 0.1) is 5.57 Å². The number of halogens is 2. The molecule has 2 N–H and O–H groups in total. The fourth-order valence-electron chi connectivity index (χ4n) is 2.85. The minimum Gasteiger partial charge on any atom is -0.478 e. The second-order valence-electron chi connectivity index (χ2n) is 6.37. The number of aliphatic hydroxyl groups excluding tert-OH is 1. The first kappa shape index (κ1) is 21.5. The van der Waals surface area contributed by atoms with E-state index in [0.29, 0.717) is 33.7 Å². The summed E-state index contributed by atoms with van der Waals surface area (Å²) < 4.78 is 0.489. The largest absolute Gasteiger partial charge is 0.478 e. The SMILES string of the molecule is CC/C(C(=O)O)=C(/Br)c1ccc(Cl)cc1N(CO)Cc1ccc(C)c(C)c1. The molecule has 0 radical (unpaired) electrons. The van der Waals surface area contributed by atoms with Crippen molar-refractivity contribution in [2.45, 2.75) is 33.7 Å². The summed E-state index contributed by atoms with van der Waals surface area (Å²) in [4.78, 5) is 13.3. The Morgan fingerprint density at radius 1 is 1.15 bits per heavy atom. The van der Waals surface area contributed by atoms with Crippen LogP contribution in [0.25, 0.3) is 4.48 Å². The zero-order valence-electron chi connectivity index (χ0n) is 15.6. The molecule has 0 spiro atoms. The second-order valence-corrected chi connectivity index (χ2v) is 7.60. The van der Waals surface area contributed by atoms with Crippen LogP contribution in [0.4, 0.5) is 5.69 Å². The highest BCUT2D eigenvalue weighted by molar-refractivity contribution is 9.15. The van der Waals surface area contributed by atoms with Crippen LogP contribution in [-0.2, 0) is 11.3 Å². The van der Waals surface area contributed by atoms with E-state index in [2.05, 4.69) is 35.0 Å². The third-order valence-electron chi connectivity index (χ3n) is 4.53. The molecule has 0 unspecified atom stereocenters. The fraction of sp³-hybridized carbons (Fsp3) is 0.286. The molecule has 0 atom stereocenters. The highest BCUT2D eigenvalue weighted by Crippen LogP contribution is 2.36. The van der Waals surface area contributed by atoms with Crippen LogP contribution in [0.1, 0.15) is 35.6 Å². The van der Waals surface area contributed by atoms with Gasteiger partial charge in [-0.1, -0.05) is 42.8 Å². The van der Waals surface area contributed by atoms with Gasteiger partial charge in [0.1, 0.15) is 6.73 Å². The highest BCUT2D eigenvalue weighted by Gasteiger charge is 2.19. The molecule has 2 rings (SSSR count). The zero-order valence-corrected chi connectivity index (χ0v) is 17.9. The molecular formula is C21H23BrClNO3. The van der Waals surface area contributed by atoms with Crippen molar-refractivity contribution in [3.63, 3.8) is 0 Å². The Morgan fingerprint density at radius 2 is 1.85 bits per heavy atom. The van der Waals surface area contributed by atoms with Gasteiger partial charge in [-0.3, -0.25) is 0 Å². The van der Waals surface area contributed by atoms with Crippen molar-refractivity contribution < 1.29 is 15.0 Å². The number of aliphatic hydroxyl groups is 1. The monoisotopic (exact) mass is 451 g/mol. The number of carboxylic acids is 1. The van der Waals surface area contributed by atoms with Gasteiger partial charge in [-0.15, -0.1) is 0 Å². The van der Waals surface area contributed by atoms with Crippen LogP contribution in [0.15, 0.2) is 42.0 Å². The van der Waals surface area contributed by atoms with Crippen LogP contribution < -0.4 is 4.90 Å². The fourth-order valence-corrected chi connectivity index (χ4v) is 3.80. The Morgan fingerprint density at radius 3 is 2.41 bits per heavy atom. The number of anilines is 1. The molecule has 6 heteroatoms. The maximum Gasteiger partial charge on any atom is 0.332 e. The molecule has 27 heavy (non-hydrogen) atoms. The van der Waals surface area contributed by atoms with E-state index in [0.717, 1.165) is 5.56 Å². The molecule has 4 nitrogen and oxygen atoms in total. The number of benzene rings is 2. The molecule has 0 aliphatic carbocycles. The van der Waals surface area contributed by atoms with Gasteiger partial charge in [-0.2, -0.15) is 0 Å². The third-order valence-corrected chi connectivity index (χ3v) is 5.67. The van der Waals surface area contributed by atoms with Gasteiger partial charge in [0.15, 0.2) is 0 Å². The van der Waals surface area contributed by atoms with Crippen molar-refractivity contribution >= 4 is 43.7 Å². The van der Waals surface area contributed by atoms with Gasteiger partial charge >= 0.3 is 5.97 Å². The quantitative estimate of drug-likeness (QED) is 0.429. The van der Waals surface area contributed by atoms with Gasteiger partial charge in [-0.25, -0.2) is 4.79 Å². The van der Waals surface area contributed by atoms with E-state index in [1.54, 1.807) is 30.0 Å². The minimum atomic E-state index is -0.977. The zero-order chi connectivity index (χ0) is 20.1. The molecule has 0 heterocycles. The Labute approximate surface area is 173 Å². The lowest BCUT2D eigenvalue weighted by atomic mass is 10.0. The number of nitrogens with zero attached hydrogens (tertiary/aromatic N) is 1. The standard InChI is InChI=1S/C21H23BrClNO3/c1-4-17(21(26)27)20(22)18-8-7-16(23)10-19(18)24(12-25)11-15-6-5-13(2)14(3)9-15/h5-10,25H,4,11-12H2,1-3H3,(H,26,27)/b20-17-. The van der Waals surface area contributed by atoms with Crippen molar-refractivity contribution in [1.29, 1.82) is 0 Å². The lowest BCUT2D eigenvalue weighted by Crippen LogP contribution is -2.24. The molecule has 2 aromatic rings. The molecule has 0 fully saturated rings. The van der Waals surface area contributed by atoms with E-state index in [1.807, 2.05) is 13.0 Å². The summed E-state index contributed by atoms with van der Waals surface area (Å²) in [6, 6.07) is 11.4. The summed E-state index contributed by atoms with van der Waals surface area (Å²) >= 11 is 9.63. The van der Waals surface area contributed by atoms with Crippen LogP contribution in [0.3, 0.4) is 0 Å². The molecule has 0 aliphatic rings. The Kier molecular flexibility index (Phi) is 7.48. The van der Waals surface area contributed by atoms with Gasteiger partial charge in [-0.05, 0) is 65.0 Å². The second kappa shape index (κ2) is 9.40. The molecule has 144 valence electrons. The smallest absolute Gasteiger partial charge is 0.332 e. The maximum absolute atomic E-state index is 11.5. The predicted octanol–water partition coefficient (Wildman–Crippen LogP) is 5.51. The number of carboxylic acid groups (broad SMARTS) is 1. The van der Waals surface area contributed by atoms with Crippen LogP contribution in [0.5, 0.6) is 0 Å². The van der Waals surface area contributed by atoms with E-state index < -0.39 is 5.97 Å². The first-order chi connectivity index (χ1) is 12.8. The van der Waals surface area contributed by atoms with Crippen LogP contribution in [-0.4, -0.2) is 22.9 Å². The van der Waals surface area contributed by atoms with Crippen LogP contribution in [0, 0.1) is 13.8 Å². The van der Waals surface area contributed by atoms with Crippen molar-refractivity contribution in [2.24, 2.45) is 0 Å². The predicted molar refractivity (Wildman–Crippen MR) is 114 cm³/mol. The molecule has 0 amide bonds. The summed E-state index contributed by atoms with van der Waals surface area (Å²) in [6.07, 6.45) is 0.369. The van der Waals surface area contributed by atoms with Crippen LogP contribution >= 0.6 is 27.5 Å². The van der Waals surface area contributed by atoms with Crippen molar-refractivity contribution in [1.82, 2.24) is 0 Å². The molecule has 0 saturated carbocycles. The van der Waals surface area contributed by atoms with Crippen molar-refractivity contribution in [3.05, 3.63) is 69.2 Å². The van der Waals surface area contributed by atoms with E-state index in [4.69, 9.17) is 11.6 Å². The Bertz CT molecular complexity index is 880. The van der Waals surface area contributed by atoms with Gasteiger partial charge in [0.25, 0.3) is 0 Å². The number of rotatable bonds is 7. The Balaban J connectivity index is 2.52. The molecular weight excluding hydrogens is 430 g/mol. The number of hydrogen-bond donors (Lipinski definition) is 2.